The summed E-state index contributed by atoms with van der Waals surface area (Å²) >= 11 is 0. The fourth-order valence-corrected chi connectivity index (χ4v) is 6.84. The highest BCUT2D eigenvalue weighted by molar-refractivity contribution is 7.91. The summed E-state index contributed by atoms with van der Waals surface area (Å²) in [5, 5.41) is 9.54. The minimum Gasteiger partial charge on any atom is -0.481 e. The number of hydrogen-bond acceptors (Lipinski definition) is 8. The Labute approximate surface area is 230 Å². The zero-order valence-electron chi connectivity index (χ0n) is 22.5. The molecular weight excluding hydrogens is 570 g/mol. The number of unbranched alkanes of at least 4 members (excludes halogenated alkanes) is 2. The lowest BCUT2D eigenvalue weighted by Crippen LogP contribution is -2.28. The largest absolute Gasteiger partial charge is 0.481 e. The molecule has 2 rings (SSSR count). The topological polar surface area (TPSA) is 183 Å². The molecule has 0 radical (unpaired) electrons. The first-order valence-corrected chi connectivity index (χ1v) is 17.4. The molecule has 0 aromatic heterocycles. The number of benzene rings is 2. The lowest BCUT2D eigenvalue weighted by atomic mass is 9.73. The van der Waals surface area contributed by atoms with Crippen molar-refractivity contribution >= 4 is 52.5 Å². The van der Waals surface area contributed by atoms with E-state index in [2.05, 4.69) is 0 Å². The van der Waals surface area contributed by atoms with Gasteiger partial charge in [0.2, 0.25) is 0 Å². The average molecular weight is 608 g/mol. The highest BCUT2D eigenvalue weighted by atomic mass is 32.2. The van der Waals surface area contributed by atoms with Gasteiger partial charge in [0.05, 0.1) is 15.5 Å². The van der Waals surface area contributed by atoms with Crippen LogP contribution in [0.4, 0.5) is 5.69 Å². The van der Waals surface area contributed by atoms with E-state index in [4.69, 9.17) is 9.66 Å². The van der Waals surface area contributed by atoms with Crippen molar-refractivity contribution in [2.75, 3.05) is 30.5 Å². The van der Waals surface area contributed by atoms with Gasteiger partial charge in [-0.2, -0.15) is 16.8 Å². The Balaban J connectivity index is 2.82. The van der Waals surface area contributed by atoms with Gasteiger partial charge in [-0.15, -0.1) is 0 Å². The van der Waals surface area contributed by atoms with E-state index >= 15 is 0 Å². The van der Waals surface area contributed by atoms with Crippen LogP contribution in [0.15, 0.2) is 34.1 Å². The summed E-state index contributed by atoms with van der Waals surface area (Å²) in [6.45, 7) is 4.10. The Morgan fingerprint density at radius 2 is 1.59 bits per heavy atom. The molecule has 0 fully saturated rings. The van der Waals surface area contributed by atoms with E-state index in [1.165, 1.54) is 6.07 Å². The van der Waals surface area contributed by atoms with Crippen LogP contribution in [0.3, 0.4) is 0 Å². The van der Waals surface area contributed by atoms with E-state index in [0.29, 0.717) is 48.7 Å². The molecule has 2 aromatic rings. The second kappa shape index (κ2) is 12.5. The number of rotatable bonds is 15. The standard InChI is InChI=1S/C25H37NO10S3/c1-5-25(2,13-8-6-7-10-23(27)28)24-20-16-18(39(34,35)36)17-22(37(4,29)30)19(20)11-12-21(24)26(3)14-9-15-38(31,32)33/h11-12,16-17H,5-10,13-15H2,1-4H3,(H,27,28)(H,31,32,33)(H,34,35,36). The molecule has 14 heteroatoms. The van der Waals surface area contributed by atoms with Crippen molar-refractivity contribution in [3.8, 4) is 0 Å². The molecule has 0 aliphatic rings. The van der Waals surface area contributed by atoms with E-state index in [9.17, 15) is 34.6 Å². The molecule has 2 aromatic carbocycles. The van der Waals surface area contributed by atoms with E-state index in [-0.39, 0.29) is 29.7 Å². The number of fused-ring (bicyclic) bond motifs is 1. The van der Waals surface area contributed by atoms with Gasteiger partial charge in [0, 0.05) is 37.3 Å². The second-order valence-corrected chi connectivity index (χ2v) is 15.1. The molecule has 39 heavy (non-hydrogen) atoms. The molecule has 0 bridgehead atoms. The van der Waals surface area contributed by atoms with Crippen molar-refractivity contribution in [2.24, 2.45) is 0 Å². The number of aliphatic carboxylic acids is 1. The molecule has 1 unspecified atom stereocenters. The Morgan fingerprint density at radius 1 is 0.949 bits per heavy atom. The van der Waals surface area contributed by atoms with E-state index in [1.54, 1.807) is 24.1 Å². The fraction of sp³-hybridized carbons (Fsp3) is 0.560. The maximum Gasteiger partial charge on any atom is 0.303 e. The van der Waals surface area contributed by atoms with Crippen molar-refractivity contribution in [1.29, 1.82) is 0 Å². The van der Waals surface area contributed by atoms with Crippen molar-refractivity contribution in [1.82, 2.24) is 0 Å². The van der Waals surface area contributed by atoms with Crippen molar-refractivity contribution in [2.45, 2.75) is 74.0 Å². The second-order valence-electron chi connectivity index (χ2n) is 10.2. The van der Waals surface area contributed by atoms with Crippen LogP contribution in [0.5, 0.6) is 0 Å². The SMILES string of the molecule is CCC(C)(CCCCCC(=O)O)c1c(N(C)CCCS(=O)(=O)O)ccc2c(S(C)(=O)=O)cc(S(=O)(=O)O)cc12. The summed E-state index contributed by atoms with van der Waals surface area (Å²) in [7, 11) is -11.2. The van der Waals surface area contributed by atoms with E-state index in [0.717, 1.165) is 12.3 Å². The molecular formula is C25H37NO10S3. The first kappa shape index (κ1) is 32.9. The number of anilines is 1. The average Bonchev–Trinajstić information content (AvgIpc) is 2.79. The quantitative estimate of drug-likeness (QED) is 0.197. The van der Waals surface area contributed by atoms with Gasteiger partial charge in [0.1, 0.15) is 0 Å². The number of hydrogen-bond donors (Lipinski definition) is 3. The maximum absolute atomic E-state index is 12.7. The lowest BCUT2D eigenvalue weighted by Gasteiger charge is -2.36. The van der Waals surface area contributed by atoms with Gasteiger partial charge in [-0.3, -0.25) is 13.9 Å². The summed E-state index contributed by atoms with van der Waals surface area (Å²) in [4.78, 5) is 11.8. The van der Waals surface area contributed by atoms with Crippen LogP contribution in [-0.4, -0.2) is 71.0 Å². The van der Waals surface area contributed by atoms with Gasteiger partial charge in [-0.1, -0.05) is 32.8 Å². The summed E-state index contributed by atoms with van der Waals surface area (Å²) in [6.07, 6.45) is 3.98. The van der Waals surface area contributed by atoms with Crippen LogP contribution in [0.2, 0.25) is 0 Å². The van der Waals surface area contributed by atoms with Crippen molar-refractivity contribution in [3.05, 3.63) is 29.8 Å². The Bertz CT molecular complexity index is 1530. The summed E-state index contributed by atoms with van der Waals surface area (Å²) in [6, 6.07) is 5.44. The number of carbonyl (C=O) groups is 1. The molecule has 0 saturated heterocycles. The molecule has 0 aliphatic heterocycles. The minimum absolute atomic E-state index is 0.0360. The summed E-state index contributed by atoms with van der Waals surface area (Å²) in [5.41, 5.74) is 0.604. The molecule has 0 amide bonds. The van der Waals surface area contributed by atoms with Crippen molar-refractivity contribution in [3.63, 3.8) is 0 Å². The van der Waals surface area contributed by atoms with Crippen LogP contribution < -0.4 is 4.90 Å². The number of carboxylic acid groups (broad SMARTS) is 1. The maximum atomic E-state index is 12.7. The van der Waals surface area contributed by atoms with Gasteiger partial charge in [0.15, 0.2) is 9.84 Å². The molecule has 11 nitrogen and oxygen atoms in total. The molecule has 0 saturated carbocycles. The number of sulfone groups is 1. The van der Waals surface area contributed by atoms with Gasteiger partial charge < -0.3 is 10.0 Å². The normalized spacial score (nSPS) is 14.3. The van der Waals surface area contributed by atoms with Crippen LogP contribution in [0, 0.1) is 0 Å². The van der Waals surface area contributed by atoms with Gasteiger partial charge in [-0.25, -0.2) is 8.42 Å². The fourth-order valence-electron chi connectivity index (χ4n) is 4.82. The third-order valence-electron chi connectivity index (χ3n) is 7.06. The van der Waals surface area contributed by atoms with Crippen molar-refractivity contribution < 1.29 is 44.3 Å². The van der Waals surface area contributed by atoms with Crippen LogP contribution >= 0.6 is 0 Å². The highest BCUT2D eigenvalue weighted by Crippen LogP contribution is 2.45. The zero-order chi connectivity index (χ0) is 29.8. The van der Waals surface area contributed by atoms with Crippen LogP contribution in [0.25, 0.3) is 10.8 Å². The summed E-state index contributed by atoms with van der Waals surface area (Å²) in [5.74, 6) is -1.35. The highest BCUT2D eigenvalue weighted by Gasteiger charge is 2.32. The first-order chi connectivity index (χ1) is 17.8. The molecule has 3 N–H and O–H groups in total. The molecule has 0 heterocycles. The first-order valence-electron chi connectivity index (χ1n) is 12.5. The smallest absolute Gasteiger partial charge is 0.303 e. The van der Waals surface area contributed by atoms with Crippen LogP contribution in [0.1, 0.15) is 64.4 Å². The lowest BCUT2D eigenvalue weighted by molar-refractivity contribution is -0.137. The molecule has 0 spiro atoms. The number of nitrogens with zero attached hydrogens (tertiary/aromatic N) is 1. The summed E-state index contributed by atoms with van der Waals surface area (Å²) < 4.78 is 91.2. The van der Waals surface area contributed by atoms with Gasteiger partial charge >= 0.3 is 5.97 Å². The predicted octanol–water partition coefficient (Wildman–Crippen LogP) is 3.91. The van der Waals surface area contributed by atoms with E-state index < -0.39 is 52.1 Å². The molecule has 220 valence electrons. The van der Waals surface area contributed by atoms with Crippen LogP contribution in [-0.2, 0) is 40.3 Å². The molecule has 0 aliphatic carbocycles. The van der Waals surface area contributed by atoms with E-state index in [1.807, 2.05) is 13.8 Å². The number of carboxylic acids is 1. The van der Waals surface area contributed by atoms with Gasteiger partial charge in [-0.05, 0) is 60.2 Å². The predicted molar refractivity (Wildman–Crippen MR) is 150 cm³/mol. The van der Waals surface area contributed by atoms with Gasteiger partial charge in [0.25, 0.3) is 20.2 Å². The Hall–Kier alpha value is -2.26. The zero-order valence-corrected chi connectivity index (χ0v) is 25.0. The third-order valence-corrected chi connectivity index (χ3v) is 9.83. The minimum atomic E-state index is -4.77. The monoisotopic (exact) mass is 607 g/mol. The Kier molecular flexibility index (Phi) is 10.6. The third kappa shape index (κ3) is 8.87. The molecule has 1 atom stereocenters. The Morgan fingerprint density at radius 3 is 2.10 bits per heavy atom.